The Labute approximate surface area is 131 Å². The maximum absolute atomic E-state index is 12.7. The van der Waals surface area contributed by atoms with Crippen molar-refractivity contribution < 1.29 is 22.7 Å². The first kappa shape index (κ1) is 18.3. The number of pyridine rings is 1. The van der Waals surface area contributed by atoms with Crippen molar-refractivity contribution in [3.8, 4) is 0 Å². The first-order valence-corrected chi connectivity index (χ1v) is 6.17. The number of carbonyl (C=O) groups is 1. The number of carbonyl (C=O) groups excluding carboxylic acids is 1. The van der Waals surface area contributed by atoms with Gasteiger partial charge >= 0.3 is 12.2 Å². The molecule has 1 aromatic heterocycles. The molecule has 0 bridgehead atoms. The SMILES string of the molecule is COC[C@H](c1ccnc(N)c1)N1C[C@@H](C(F)(F)F)NC1=O.Cl. The van der Waals surface area contributed by atoms with Crippen LogP contribution in [0.2, 0.25) is 0 Å². The zero-order valence-corrected chi connectivity index (χ0v) is 12.4. The molecule has 3 N–H and O–H groups in total. The maximum Gasteiger partial charge on any atom is 0.410 e. The van der Waals surface area contributed by atoms with Gasteiger partial charge in [-0.1, -0.05) is 0 Å². The zero-order valence-electron chi connectivity index (χ0n) is 11.6. The Morgan fingerprint density at radius 2 is 2.27 bits per heavy atom. The molecule has 0 aromatic carbocycles. The van der Waals surface area contributed by atoms with E-state index in [1.807, 2.05) is 5.32 Å². The molecule has 1 aliphatic rings. The molecular formula is C12H16ClF3N4O2. The summed E-state index contributed by atoms with van der Waals surface area (Å²) in [5.41, 5.74) is 6.14. The fraction of sp³-hybridized carbons (Fsp3) is 0.500. The molecule has 2 rings (SSSR count). The summed E-state index contributed by atoms with van der Waals surface area (Å²) < 4.78 is 43.2. The molecule has 1 aromatic rings. The van der Waals surface area contributed by atoms with Gasteiger partial charge in [0.15, 0.2) is 0 Å². The number of nitrogen functional groups attached to an aromatic ring is 1. The number of alkyl halides is 3. The number of urea groups is 1. The van der Waals surface area contributed by atoms with Gasteiger partial charge < -0.3 is 20.7 Å². The molecule has 0 spiro atoms. The minimum atomic E-state index is -4.49. The van der Waals surface area contributed by atoms with E-state index >= 15 is 0 Å². The average molecular weight is 341 g/mol. The van der Waals surface area contributed by atoms with Crippen LogP contribution in [0.1, 0.15) is 11.6 Å². The third-order valence-electron chi connectivity index (χ3n) is 3.22. The van der Waals surface area contributed by atoms with Crippen LogP contribution in [0.15, 0.2) is 18.3 Å². The second kappa shape index (κ2) is 7.01. The number of anilines is 1. The smallest absolute Gasteiger partial charge is 0.384 e. The van der Waals surface area contributed by atoms with Crippen LogP contribution < -0.4 is 11.1 Å². The third kappa shape index (κ3) is 3.92. The molecule has 1 saturated heterocycles. The van der Waals surface area contributed by atoms with Crippen molar-refractivity contribution in [1.82, 2.24) is 15.2 Å². The van der Waals surface area contributed by atoms with E-state index in [1.54, 1.807) is 6.07 Å². The lowest BCUT2D eigenvalue weighted by Gasteiger charge is -2.27. The van der Waals surface area contributed by atoms with Gasteiger partial charge in [-0.05, 0) is 17.7 Å². The van der Waals surface area contributed by atoms with Gasteiger partial charge in [0, 0.05) is 13.3 Å². The molecule has 0 saturated carbocycles. The van der Waals surface area contributed by atoms with Crippen LogP contribution >= 0.6 is 12.4 Å². The number of ether oxygens (including phenoxy) is 1. The van der Waals surface area contributed by atoms with E-state index in [1.165, 1.54) is 19.4 Å². The van der Waals surface area contributed by atoms with Gasteiger partial charge in [0.2, 0.25) is 0 Å². The van der Waals surface area contributed by atoms with Crippen molar-refractivity contribution in [1.29, 1.82) is 0 Å². The van der Waals surface area contributed by atoms with E-state index in [9.17, 15) is 18.0 Å². The summed E-state index contributed by atoms with van der Waals surface area (Å²) in [6.07, 6.45) is -3.05. The monoisotopic (exact) mass is 340 g/mol. The Bertz CT molecular complexity index is 529. The summed E-state index contributed by atoms with van der Waals surface area (Å²) in [5, 5.41) is 1.93. The summed E-state index contributed by atoms with van der Waals surface area (Å²) in [4.78, 5) is 16.7. The highest BCUT2D eigenvalue weighted by molar-refractivity contribution is 5.85. The predicted molar refractivity (Wildman–Crippen MR) is 75.6 cm³/mol. The minimum Gasteiger partial charge on any atom is -0.384 e. The summed E-state index contributed by atoms with van der Waals surface area (Å²) >= 11 is 0. The number of amides is 2. The van der Waals surface area contributed by atoms with Crippen LogP contribution in [0.4, 0.5) is 23.8 Å². The Morgan fingerprint density at radius 3 is 2.77 bits per heavy atom. The summed E-state index contributed by atoms with van der Waals surface area (Å²) in [6, 6.07) is -0.225. The quantitative estimate of drug-likeness (QED) is 0.874. The number of nitrogens with one attached hydrogen (secondary N) is 1. The molecule has 2 atom stereocenters. The average Bonchev–Trinajstić information content (AvgIpc) is 2.78. The fourth-order valence-electron chi connectivity index (χ4n) is 2.21. The second-order valence-corrected chi connectivity index (χ2v) is 4.68. The van der Waals surface area contributed by atoms with Crippen LogP contribution in [0.5, 0.6) is 0 Å². The number of hydrogen-bond acceptors (Lipinski definition) is 4. The lowest BCUT2D eigenvalue weighted by atomic mass is 10.1. The molecule has 1 aliphatic heterocycles. The summed E-state index contributed by atoms with van der Waals surface area (Å²) in [5.74, 6) is 0.223. The fourth-order valence-corrected chi connectivity index (χ4v) is 2.21. The van der Waals surface area contributed by atoms with Crippen LogP contribution in [-0.2, 0) is 4.74 Å². The highest BCUT2D eigenvalue weighted by Crippen LogP contribution is 2.30. The van der Waals surface area contributed by atoms with E-state index in [4.69, 9.17) is 10.5 Å². The molecule has 6 nitrogen and oxygen atoms in total. The predicted octanol–water partition coefficient (Wildman–Crippen LogP) is 1.73. The molecule has 2 heterocycles. The molecule has 0 radical (unpaired) electrons. The molecule has 124 valence electrons. The van der Waals surface area contributed by atoms with Gasteiger partial charge in [0.25, 0.3) is 0 Å². The normalized spacial score (nSPS) is 19.5. The lowest BCUT2D eigenvalue weighted by molar-refractivity contribution is -0.150. The zero-order chi connectivity index (χ0) is 15.6. The van der Waals surface area contributed by atoms with Gasteiger partial charge in [-0.2, -0.15) is 13.2 Å². The number of rotatable bonds is 4. The van der Waals surface area contributed by atoms with Gasteiger partial charge in [-0.3, -0.25) is 0 Å². The third-order valence-corrected chi connectivity index (χ3v) is 3.22. The van der Waals surface area contributed by atoms with Gasteiger partial charge in [0.05, 0.1) is 19.2 Å². The summed E-state index contributed by atoms with van der Waals surface area (Å²) in [7, 11) is 1.41. The number of halogens is 4. The highest BCUT2D eigenvalue weighted by Gasteiger charge is 2.48. The van der Waals surface area contributed by atoms with E-state index in [0.717, 1.165) is 4.90 Å². The van der Waals surface area contributed by atoms with Crippen LogP contribution in [0.3, 0.4) is 0 Å². The standard InChI is InChI=1S/C12H15F3N4O2.ClH/c1-21-6-8(7-2-3-17-10(16)4-7)19-5-9(12(13,14)15)18-11(19)20;/h2-4,8-9H,5-6H2,1H3,(H2,16,17)(H,18,20);1H/t8-,9+;/m1./s1. The first-order valence-electron chi connectivity index (χ1n) is 6.17. The van der Waals surface area contributed by atoms with Gasteiger partial charge in [-0.25, -0.2) is 9.78 Å². The molecular weight excluding hydrogens is 325 g/mol. The van der Waals surface area contributed by atoms with Crippen molar-refractivity contribution in [2.75, 3.05) is 26.0 Å². The minimum absolute atomic E-state index is 0. The Kier molecular flexibility index (Phi) is 5.84. The molecule has 0 aliphatic carbocycles. The molecule has 22 heavy (non-hydrogen) atoms. The number of hydrogen-bond donors (Lipinski definition) is 2. The van der Waals surface area contributed by atoms with Crippen LogP contribution in [0, 0.1) is 0 Å². The van der Waals surface area contributed by atoms with Crippen molar-refractivity contribution in [2.45, 2.75) is 18.3 Å². The van der Waals surface area contributed by atoms with Gasteiger partial charge in [-0.15, -0.1) is 12.4 Å². The molecule has 2 amide bonds. The number of aromatic nitrogens is 1. The van der Waals surface area contributed by atoms with Gasteiger partial charge in [0.1, 0.15) is 11.9 Å². The molecule has 1 fully saturated rings. The van der Waals surface area contributed by atoms with E-state index < -0.39 is 30.8 Å². The van der Waals surface area contributed by atoms with Crippen molar-refractivity contribution in [2.24, 2.45) is 0 Å². The molecule has 0 unspecified atom stereocenters. The topological polar surface area (TPSA) is 80.5 Å². The Hall–Kier alpha value is -1.74. The maximum atomic E-state index is 12.7. The van der Waals surface area contributed by atoms with E-state index in [2.05, 4.69) is 4.98 Å². The Morgan fingerprint density at radius 1 is 1.59 bits per heavy atom. The largest absolute Gasteiger partial charge is 0.410 e. The van der Waals surface area contributed by atoms with Crippen molar-refractivity contribution in [3.05, 3.63) is 23.9 Å². The van der Waals surface area contributed by atoms with Crippen molar-refractivity contribution in [3.63, 3.8) is 0 Å². The molecule has 10 heteroatoms. The first-order chi connectivity index (χ1) is 9.82. The van der Waals surface area contributed by atoms with Crippen LogP contribution in [-0.4, -0.2) is 48.4 Å². The number of nitrogens with zero attached hydrogens (tertiary/aromatic N) is 2. The lowest BCUT2D eigenvalue weighted by Crippen LogP contribution is -2.40. The van der Waals surface area contributed by atoms with Crippen molar-refractivity contribution >= 4 is 24.3 Å². The highest BCUT2D eigenvalue weighted by atomic mass is 35.5. The van der Waals surface area contributed by atoms with E-state index in [-0.39, 0.29) is 24.8 Å². The van der Waals surface area contributed by atoms with Crippen LogP contribution in [0.25, 0.3) is 0 Å². The van der Waals surface area contributed by atoms with E-state index in [0.29, 0.717) is 5.56 Å². The summed E-state index contributed by atoms with van der Waals surface area (Å²) in [6.45, 7) is -0.417. The second-order valence-electron chi connectivity index (χ2n) is 4.68. The number of nitrogens with two attached hydrogens (primary N) is 1. The Balaban J connectivity index is 0.00000242. The number of methoxy groups -OCH3 is 1.